The number of benzene rings is 2. The standard InChI is InChI=1S/C26H25N5O4/c1-17-15-28(16-18(2)35-17)11-12-29-23-6-4-3-5-22(23)25-24(29)13-19(14-27)26(32)30(25)20-7-9-21(10-8-20)31(33)34/h3-10,13,17-18H,11-12,15-16H2,1-2H3. The number of pyridine rings is 1. The van der Waals surface area contributed by atoms with Crippen molar-refractivity contribution in [1.29, 1.82) is 5.26 Å². The first-order valence-corrected chi connectivity index (χ1v) is 11.6. The van der Waals surface area contributed by atoms with E-state index in [1.807, 2.05) is 30.3 Å². The summed E-state index contributed by atoms with van der Waals surface area (Å²) in [6, 6.07) is 17.4. The third kappa shape index (κ3) is 4.07. The first-order chi connectivity index (χ1) is 16.9. The maximum atomic E-state index is 13.3. The largest absolute Gasteiger partial charge is 0.373 e. The van der Waals surface area contributed by atoms with Crippen molar-refractivity contribution >= 4 is 27.6 Å². The van der Waals surface area contributed by atoms with Crippen LogP contribution in [-0.4, -0.2) is 50.8 Å². The number of hydrogen-bond acceptors (Lipinski definition) is 6. The van der Waals surface area contributed by atoms with Crippen LogP contribution in [0.25, 0.3) is 27.6 Å². The normalized spacial score (nSPS) is 18.7. The fourth-order valence-electron chi connectivity index (χ4n) is 5.11. The lowest BCUT2D eigenvalue weighted by molar-refractivity contribution is -0.384. The molecule has 0 N–H and O–H groups in total. The third-order valence-corrected chi connectivity index (χ3v) is 6.50. The van der Waals surface area contributed by atoms with Gasteiger partial charge in [-0.05, 0) is 38.1 Å². The van der Waals surface area contributed by atoms with Crippen molar-refractivity contribution in [1.82, 2.24) is 14.0 Å². The van der Waals surface area contributed by atoms with Crippen molar-refractivity contribution in [3.05, 3.63) is 80.6 Å². The minimum atomic E-state index is -0.479. The zero-order valence-corrected chi connectivity index (χ0v) is 19.5. The molecule has 1 fully saturated rings. The maximum absolute atomic E-state index is 13.3. The van der Waals surface area contributed by atoms with Crippen LogP contribution in [0.2, 0.25) is 0 Å². The minimum Gasteiger partial charge on any atom is -0.373 e. The van der Waals surface area contributed by atoms with E-state index in [-0.39, 0.29) is 23.5 Å². The number of aromatic nitrogens is 2. The van der Waals surface area contributed by atoms with Crippen LogP contribution >= 0.6 is 0 Å². The Kier molecular flexibility index (Phi) is 5.84. The number of nitrogens with zero attached hydrogens (tertiary/aromatic N) is 5. The van der Waals surface area contributed by atoms with Gasteiger partial charge in [-0.3, -0.25) is 24.4 Å². The molecule has 0 spiro atoms. The number of hydrogen-bond donors (Lipinski definition) is 0. The molecule has 4 aromatic rings. The molecule has 0 saturated carbocycles. The molecule has 2 aromatic carbocycles. The van der Waals surface area contributed by atoms with E-state index < -0.39 is 10.5 Å². The lowest BCUT2D eigenvalue weighted by Gasteiger charge is -2.35. The maximum Gasteiger partial charge on any atom is 0.273 e. The summed E-state index contributed by atoms with van der Waals surface area (Å²) in [5.74, 6) is 0. The van der Waals surface area contributed by atoms with Gasteiger partial charge in [0.05, 0.1) is 33.7 Å². The summed E-state index contributed by atoms with van der Waals surface area (Å²) in [6.45, 7) is 7.31. The Bertz CT molecular complexity index is 1520. The SMILES string of the molecule is CC1CN(CCn2c3ccccc3c3c2cc(C#N)c(=O)n3-c2ccc([N+](=O)[O-])cc2)CC(C)O1. The number of fused-ring (bicyclic) bond motifs is 3. The van der Waals surface area contributed by atoms with Gasteiger partial charge >= 0.3 is 0 Å². The lowest BCUT2D eigenvalue weighted by Crippen LogP contribution is -2.46. The van der Waals surface area contributed by atoms with E-state index in [2.05, 4.69) is 23.3 Å². The molecule has 2 atom stereocenters. The monoisotopic (exact) mass is 471 g/mol. The molecule has 0 aliphatic carbocycles. The number of ether oxygens (including phenoxy) is 1. The highest BCUT2D eigenvalue weighted by molar-refractivity contribution is 6.07. The van der Waals surface area contributed by atoms with E-state index in [9.17, 15) is 20.2 Å². The molecule has 5 rings (SSSR count). The van der Waals surface area contributed by atoms with Crippen LogP contribution in [0, 0.1) is 21.4 Å². The van der Waals surface area contributed by atoms with Gasteiger partial charge < -0.3 is 9.30 Å². The van der Waals surface area contributed by atoms with E-state index in [1.165, 1.54) is 16.7 Å². The van der Waals surface area contributed by atoms with Crippen LogP contribution in [0.15, 0.2) is 59.4 Å². The lowest BCUT2D eigenvalue weighted by atomic mass is 10.2. The van der Waals surface area contributed by atoms with Crippen molar-refractivity contribution < 1.29 is 9.66 Å². The molecule has 9 heteroatoms. The second kappa shape index (κ2) is 8.98. The molecule has 35 heavy (non-hydrogen) atoms. The molecule has 1 aliphatic rings. The van der Waals surface area contributed by atoms with Gasteiger partial charge in [-0.1, -0.05) is 18.2 Å². The molecule has 0 radical (unpaired) electrons. The molecular weight excluding hydrogens is 446 g/mol. The average molecular weight is 472 g/mol. The average Bonchev–Trinajstić information content (AvgIpc) is 3.15. The Morgan fingerprint density at radius 2 is 1.74 bits per heavy atom. The molecule has 0 bridgehead atoms. The Labute approximate surface area is 201 Å². The highest BCUT2D eigenvalue weighted by Gasteiger charge is 2.23. The summed E-state index contributed by atoms with van der Waals surface area (Å²) in [7, 11) is 0. The predicted molar refractivity (Wildman–Crippen MR) is 133 cm³/mol. The smallest absolute Gasteiger partial charge is 0.273 e. The van der Waals surface area contributed by atoms with Gasteiger partial charge in [0.2, 0.25) is 0 Å². The van der Waals surface area contributed by atoms with Gasteiger partial charge in [0.1, 0.15) is 11.6 Å². The number of nitro benzene ring substituents is 1. The first kappa shape index (κ1) is 22.8. The number of nitriles is 1. The van der Waals surface area contributed by atoms with Crippen LogP contribution < -0.4 is 5.56 Å². The summed E-state index contributed by atoms with van der Waals surface area (Å²) in [5.41, 5.74) is 2.40. The number of para-hydroxylation sites is 1. The minimum absolute atomic E-state index is 0.0218. The second-order valence-electron chi connectivity index (χ2n) is 9.00. The van der Waals surface area contributed by atoms with Gasteiger partial charge in [0.15, 0.2) is 0 Å². The second-order valence-corrected chi connectivity index (χ2v) is 9.00. The Hall–Kier alpha value is -4.00. The zero-order valence-electron chi connectivity index (χ0n) is 19.5. The molecule has 9 nitrogen and oxygen atoms in total. The van der Waals surface area contributed by atoms with E-state index in [4.69, 9.17) is 4.74 Å². The Balaban J connectivity index is 1.69. The van der Waals surface area contributed by atoms with E-state index >= 15 is 0 Å². The van der Waals surface area contributed by atoms with Crippen LogP contribution in [0.5, 0.6) is 0 Å². The van der Waals surface area contributed by atoms with Crippen molar-refractivity contribution in [3.63, 3.8) is 0 Å². The van der Waals surface area contributed by atoms with Crippen LogP contribution in [0.1, 0.15) is 19.4 Å². The third-order valence-electron chi connectivity index (χ3n) is 6.50. The summed E-state index contributed by atoms with van der Waals surface area (Å²) >= 11 is 0. The van der Waals surface area contributed by atoms with Crippen LogP contribution in [0.3, 0.4) is 0 Å². The van der Waals surface area contributed by atoms with Gasteiger partial charge in [-0.25, -0.2) is 0 Å². The number of non-ortho nitro benzene ring substituents is 1. The quantitative estimate of drug-likeness (QED) is 0.323. The number of nitro groups is 1. The summed E-state index contributed by atoms with van der Waals surface area (Å²) in [6.07, 6.45) is 0.323. The fraction of sp³-hybridized carbons (Fsp3) is 0.308. The number of rotatable bonds is 5. The van der Waals surface area contributed by atoms with Gasteiger partial charge in [-0.15, -0.1) is 0 Å². The molecular formula is C26H25N5O4. The molecule has 178 valence electrons. The van der Waals surface area contributed by atoms with Crippen molar-refractivity contribution in [3.8, 4) is 11.8 Å². The van der Waals surface area contributed by atoms with Gasteiger partial charge in [-0.2, -0.15) is 5.26 Å². The highest BCUT2D eigenvalue weighted by Crippen LogP contribution is 2.31. The molecule has 2 aromatic heterocycles. The van der Waals surface area contributed by atoms with Crippen molar-refractivity contribution in [2.45, 2.75) is 32.6 Å². The molecule has 2 unspecified atom stereocenters. The van der Waals surface area contributed by atoms with Crippen molar-refractivity contribution in [2.75, 3.05) is 19.6 Å². The van der Waals surface area contributed by atoms with E-state index in [1.54, 1.807) is 18.2 Å². The van der Waals surface area contributed by atoms with E-state index in [0.29, 0.717) is 17.7 Å². The van der Waals surface area contributed by atoms with Crippen LogP contribution in [0.4, 0.5) is 5.69 Å². The molecule has 1 aliphatic heterocycles. The number of morpholine rings is 1. The van der Waals surface area contributed by atoms with Crippen LogP contribution in [-0.2, 0) is 11.3 Å². The van der Waals surface area contributed by atoms with Gasteiger partial charge in [0.25, 0.3) is 11.2 Å². The Morgan fingerprint density at radius 1 is 1.06 bits per heavy atom. The fourth-order valence-corrected chi connectivity index (χ4v) is 5.11. The molecule has 1 saturated heterocycles. The summed E-state index contributed by atoms with van der Waals surface area (Å²) in [5, 5.41) is 21.7. The first-order valence-electron chi connectivity index (χ1n) is 11.6. The highest BCUT2D eigenvalue weighted by atomic mass is 16.6. The summed E-state index contributed by atoms with van der Waals surface area (Å²) in [4.78, 5) is 26.4. The molecule has 0 amide bonds. The topological polar surface area (TPSA) is 106 Å². The Morgan fingerprint density at radius 3 is 2.40 bits per heavy atom. The van der Waals surface area contributed by atoms with Crippen molar-refractivity contribution in [2.24, 2.45) is 0 Å². The van der Waals surface area contributed by atoms with Gasteiger partial charge in [0, 0.05) is 49.4 Å². The summed E-state index contributed by atoms with van der Waals surface area (Å²) < 4.78 is 9.51. The zero-order chi connectivity index (χ0) is 24.7. The predicted octanol–water partition coefficient (Wildman–Crippen LogP) is 3.83. The van der Waals surface area contributed by atoms with E-state index in [0.717, 1.165) is 36.1 Å². The molecule has 3 heterocycles.